The van der Waals surface area contributed by atoms with Gasteiger partial charge in [-0.05, 0) is 12.8 Å². The molecule has 0 rings (SSSR count). The van der Waals surface area contributed by atoms with Crippen molar-refractivity contribution in [2.75, 3.05) is 0 Å². The highest BCUT2D eigenvalue weighted by atomic mass is 16.1. The van der Waals surface area contributed by atoms with Crippen molar-refractivity contribution in [3.8, 4) is 0 Å². The van der Waals surface area contributed by atoms with Crippen molar-refractivity contribution in [1.82, 2.24) is 0 Å². The SMILES string of the molecule is C=C(C)C(C(N)=O)C(C)CC. The zero-order valence-electron chi connectivity index (χ0n) is 7.55. The molecule has 2 nitrogen and oxygen atoms in total. The zero-order valence-corrected chi connectivity index (χ0v) is 7.55. The van der Waals surface area contributed by atoms with Crippen LogP contribution >= 0.6 is 0 Å². The maximum Gasteiger partial charge on any atom is 0.224 e. The van der Waals surface area contributed by atoms with Gasteiger partial charge in [-0.15, -0.1) is 0 Å². The van der Waals surface area contributed by atoms with E-state index in [-0.39, 0.29) is 11.8 Å². The number of amides is 1. The first kappa shape index (κ1) is 10.2. The summed E-state index contributed by atoms with van der Waals surface area (Å²) in [7, 11) is 0. The van der Waals surface area contributed by atoms with Gasteiger partial charge in [0.25, 0.3) is 0 Å². The predicted octanol–water partition coefficient (Wildman–Crippen LogP) is 1.71. The Morgan fingerprint density at radius 1 is 1.64 bits per heavy atom. The first-order valence-corrected chi connectivity index (χ1v) is 3.95. The van der Waals surface area contributed by atoms with Gasteiger partial charge in [-0.2, -0.15) is 0 Å². The van der Waals surface area contributed by atoms with E-state index in [2.05, 4.69) is 6.58 Å². The lowest BCUT2D eigenvalue weighted by atomic mass is 9.86. The number of hydrogen-bond acceptors (Lipinski definition) is 1. The summed E-state index contributed by atoms with van der Waals surface area (Å²) in [5, 5.41) is 0. The van der Waals surface area contributed by atoms with E-state index in [9.17, 15) is 4.79 Å². The third-order valence-corrected chi connectivity index (χ3v) is 2.05. The Morgan fingerprint density at radius 3 is 2.18 bits per heavy atom. The van der Waals surface area contributed by atoms with Crippen LogP contribution in [0.2, 0.25) is 0 Å². The van der Waals surface area contributed by atoms with Crippen molar-refractivity contribution in [3.63, 3.8) is 0 Å². The molecule has 0 aliphatic heterocycles. The Balaban J connectivity index is 4.34. The van der Waals surface area contributed by atoms with Crippen LogP contribution in [0.25, 0.3) is 0 Å². The summed E-state index contributed by atoms with van der Waals surface area (Å²) >= 11 is 0. The topological polar surface area (TPSA) is 43.1 Å². The molecule has 2 atom stereocenters. The van der Waals surface area contributed by atoms with Crippen molar-refractivity contribution < 1.29 is 4.79 Å². The van der Waals surface area contributed by atoms with Gasteiger partial charge in [0.05, 0.1) is 5.92 Å². The van der Waals surface area contributed by atoms with E-state index in [1.54, 1.807) is 0 Å². The summed E-state index contributed by atoms with van der Waals surface area (Å²) in [6.45, 7) is 9.66. The maximum absolute atomic E-state index is 10.9. The molecule has 2 unspecified atom stereocenters. The molecule has 0 aromatic rings. The minimum atomic E-state index is -0.258. The lowest BCUT2D eigenvalue weighted by Gasteiger charge is -2.19. The maximum atomic E-state index is 10.9. The molecule has 1 amide bonds. The van der Waals surface area contributed by atoms with Gasteiger partial charge < -0.3 is 5.73 Å². The van der Waals surface area contributed by atoms with E-state index in [0.29, 0.717) is 5.92 Å². The van der Waals surface area contributed by atoms with Crippen molar-refractivity contribution in [1.29, 1.82) is 0 Å². The number of hydrogen-bond donors (Lipinski definition) is 1. The molecule has 0 radical (unpaired) electrons. The molecule has 0 aromatic carbocycles. The summed E-state index contributed by atoms with van der Waals surface area (Å²) in [6.07, 6.45) is 0.959. The molecule has 0 saturated heterocycles. The molecule has 64 valence electrons. The van der Waals surface area contributed by atoms with Crippen LogP contribution in [0.5, 0.6) is 0 Å². The zero-order chi connectivity index (χ0) is 9.02. The molecular weight excluding hydrogens is 138 g/mol. The van der Waals surface area contributed by atoms with Gasteiger partial charge in [-0.3, -0.25) is 4.79 Å². The molecule has 11 heavy (non-hydrogen) atoms. The van der Waals surface area contributed by atoms with E-state index in [4.69, 9.17) is 5.73 Å². The number of primary amides is 1. The van der Waals surface area contributed by atoms with Crippen LogP contribution in [0.1, 0.15) is 27.2 Å². The molecule has 0 aliphatic carbocycles. The highest BCUT2D eigenvalue weighted by Crippen LogP contribution is 2.21. The second kappa shape index (κ2) is 4.16. The molecule has 2 N–H and O–H groups in total. The van der Waals surface area contributed by atoms with Gasteiger partial charge in [-0.25, -0.2) is 0 Å². The van der Waals surface area contributed by atoms with Crippen molar-refractivity contribution in [2.45, 2.75) is 27.2 Å². The van der Waals surface area contributed by atoms with E-state index in [0.717, 1.165) is 12.0 Å². The molecule has 0 fully saturated rings. The van der Waals surface area contributed by atoms with Crippen LogP contribution in [0.3, 0.4) is 0 Å². The summed E-state index contributed by atoms with van der Waals surface area (Å²) in [5.74, 6) is -0.100. The Labute approximate surface area is 68.5 Å². The van der Waals surface area contributed by atoms with Gasteiger partial charge in [0, 0.05) is 0 Å². The monoisotopic (exact) mass is 155 g/mol. The fourth-order valence-corrected chi connectivity index (χ4v) is 1.24. The quantitative estimate of drug-likeness (QED) is 0.617. The molecule has 0 aliphatic rings. The summed E-state index contributed by atoms with van der Waals surface area (Å²) < 4.78 is 0. The summed E-state index contributed by atoms with van der Waals surface area (Å²) in [4.78, 5) is 10.9. The average molecular weight is 155 g/mol. The van der Waals surface area contributed by atoms with E-state index in [1.807, 2.05) is 20.8 Å². The van der Waals surface area contributed by atoms with Gasteiger partial charge >= 0.3 is 0 Å². The van der Waals surface area contributed by atoms with Gasteiger partial charge in [0.2, 0.25) is 5.91 Å². The largest absolute Gasteiger partial charge is 0.369 e. The van der Waals surface area contributed by atoms with Crippen LogP contribution < -0.4 is 5.73 Å². The van der Waals surface area contributed by atoms with Gasteiger partial charge in [0.1, 0.15) is 0 Å². The molecule has 0 bridgehead atoms. The number of rotatable bonds is 4. The summed E-state index contributed by atoms with van der Waals surface area (Å²) in [5.41, 5.74) is 6.08. The summed E-state index contributed by atoms with van der Waals surface area (Å²) in [6, 6.07) is 0. The first-order chi connectivity index (χ1) is 5.00. The molecule has 0 spiro atoms. The molecule has 0 aromatic heterocycles. The van der Waals surface area contributed by atoms with Crippen LogP contribution in [0.4, 0.5) is 0 Å². The number of carbonyl (C=O) groups excluding carboxylic acids is 1. The standard InChI is InChI=1S/C9H17NO/c1-5-7(4)8(6(2)3)9(10)11/h7-8H,2,5H2,1,3-4H3,(H2,10,11). The van der Waals surface area contributed by atoms with E-state index >= 15 is 0 Å². The van der Waals surface area contributed by atoms with Crippen LogP contribution in [-0.2, 0) is 4.79 Å². The van der Waals surface area contributed by atoms with Crippen LogP contribution in [0, 0.1) is 11.8 Å². The minimum absolute atomic E-state index is 0.153. The van der Waals surface area contributed by atoms with Gasteiger partial charge in [0.15, 0.2) is 0 Å². The molecule has 2 heteroatoms. The first-order valence-electron chi connectivity index (χ1n) is 3.95. The molecule has 0 heterocycles. The minimum Gasteiger partial charge on any atom is -0.369 e. The Kier molecular flexibility index (Phi) is 3.86. The third-order valence-electron chi connectivity index (χ3n) is 2.05. The average Bonchev–Trinajstić information content (AvgIpc) is 1.85. The second-order valence-corrected chi connectivity index (χ2v) is 3.11. The van der Waals surface area contributed by atoms with Crippen molar-refractivity contribution in [3.05, 3.63) is 12.2 Å². The molecular formula is C9H17NO. The van der Waals surface area contributed by atoms with Crippen molar-refractivity contribution >= 4 is 5.91 Å². The fraction of sp³-hybridized carbons (Fsp3) is 0.667. The second-order valence-electron chi connectivity index (χ2n) is 3.11. The normalized spacial score (nSPS) is 15.5. The predicted molar refractivity (Wildman–Crippen MR) is 47.0 cm³/mol. The smallest absolute Gasteiger partial charge is 0.224 e. The number of carbonyl (C=O) groups is 1. The highest BCUT2D eigenvalue weighted by molar-refractivity contribution is 5.79. The van der Waals surface area contributed by atoms with Crippen LogP contribution in [0.15, 0.2) is 12.2 Å². The highest BCUT2D eigenvalue weighted by Gasteiger charge is 2.21. The van der Waals surface area contributed by atoms with Crippen LogP contribution in [-0.4, -0.2) is 5.91 Å². The Hall–Kier alpha value is -0.790. The van der Waals surface area contributed by atoms with E-state index in [1.165, 1.54) is 0 Å². The lowest BCUT2D eigenvalue weighted by Crippen LogP contribution is -2.29. The Bertz CT molecular complexity index is 149. The third kappa shape index (κ3) is 2.74. The Morgan fingerprint density at radius 2 is 2.09 bits per heavy atom. The van der Waals surface area contributed by atoms with Gasteiger partial charge in [-0.1, -0.05) is 32.4 Å². The molecule has 0 saturated carbocycles. The number of nitrogens with two attached hydrogens (primary N) is 1. The lowest BCUT2D eigenvalue weighted by molar-refractivity contribution is -0.121. The fourth-order valence-electron chi connectivity index (χ4n) is 1.24. The van der Waals surface area contributed by atoms with Crippen molar-refractivity contribution in [2.24, 2.45) is 17.6 Å². The van der Waals surface area contributed by atoms with E-state index < -0.39 is 0 Å².